The maximum Gasteiger partial charge on any atom is 0.323 e. The lowest BCUT2D eigenvalue weighted by molar-refractivity contribution is -0.137. The maximum absolute atomic E-state index is 13.5. The molecule has 9 heteroatoms. The number of carbonyl (C=O) groups is 2. The Bertz CT molecular complexity index is 1240. The Hall–Kier alpha value is -3.20. The van der Waals surface area contributed by atoms with Crippen LogP contribution in [0.3, 0.4) is 0 Å². The monoisotopic (exact) mass is 467 g/mol. The van der Waals surface area contributed by atoms with E-state index in [4.69, 9.17) is 16.1 Å². The highest BCUT2D eigenvalue weighted by Crippen LogP contribution is 2.50. The first-order valence-corrected chi connectivity index (χ1v) is 10.9. The van der Waals surface area contributed by atoms with E-state index in [2.05, 4.69) is 5.16 Å². The molecule has 0 aliphatic carbocycles. The Kier molecular flexibility index (Phi) is 5.23. The minimum absolute atomic E-state index is 0.139. The maximum atomic E-state index is 13.5. The molecule has 3 aromatic rings. The van der Waals surface area contributed by atoms with Gasteiger partial charge in [0.2, 0.25) is 5.91 Å². The van der Waals surface area contributed by atoms with Crippen molar-refractivity contribution in [3.8, 4) is 11.3 Å². The highest BCUT2D eigenvalue weighted by atomic mass is 35.5. The number of carbonyl (C=O) groups excluding carboxylic acids is 1. The second-order valence-electron chi connectivity index (χ2n) is 8.56. The molecule has 1 fully saturated rings. The number of benzene rings is 2. The molecule has 1 spiro atoms. The van der Waals surface area contributed by atoms with Crippen molar-refractivity contribution >= 4 is 29.2 Å². The van der Waals surface area contributed by atoms with Gasteiger partial charge in [-0.15, -0.1) is 0 Å². The first-order valence-electron chi connectivity index (χ1n) is 10.6. The zero-order chi connectivity index (χ0) is 23.3. The average Bonchev–Trinajstić information content (AvgIpc) is 3.38. The van der Waals surface area contributed by atoms with E-state index in [1.165, 1.54) is 4.90 Å². The summed E-state index contributed by atoms with van der Waals surface area (Å²) < 4.78 is 5.58. The zero-order valence-corrected chi connectivity index (χ0v) is 18.6. The van der Waals surface area contributed by atoms with Crippen LogP contribution in [0.2, 0.25) is 5.02 Å². The fourth-order valence-corrected chi connectivity index (χ4v) is 5.14. The van der Waals surface area contributed by atoms with E-state index in [1.807, 2.05) is 37.3 Å². The fraction of sp³-hybridized carbons (Fsp3) is 0.292. The molecule has 170 valence electrons. The van der Waals surface area contributed by atoms with Crippen LogP contribution < -0.4 is 4.90 Å². The molecule has 3 heterocycles. The van der Waals surface area contributed by atoms with Gasteiger partial charge in [-0.2, -0.15) is 0 Å². The van der Waals surface area contributed by atoms with Crippen LogP contribution in [0.25, 0.3) is 11.3 Å². The summed E-state index contributed by atoms with van der Waals surface area (Å²) >= 11 is 6.24. The number of rotatable bonds is 5. The van der Waals surface area contributed by atoms with Crippen molar-refractivity contribution in [1.82, 2.24) is 10.1 Å². The number of aryl methyl sites for hydroxylation is 1. The first-order chi connectivity index (χ1) is 15.8. The predicted molar refractivity (Wildman–Crippen MR) is 121 cm³/mol. The molecule has 0 bridgehead atoms. The van der Waals surface area contributed by atoms with Crippen LogP contribution in [0.4, 0.5) is 5.69 Å². The third kappa shape index (κ3) is 3.51. The van der Waals surface area contributed by atoms with Crippen LogP contribution in [-0.2, 0) is 21.5 Å². The highest BCUT2D eigenvalue weighted by Gasteiger charge is 2.57. The molecule has 5 rings (SSSR count). The van der Waals surface area contributed by atoms with Crippen molar-refractivity contribution in [3.63, 3.8) is 0 Å². The van der Waals surface area contributed by atoms with Crippen LogP contribution >= 0.6 is 11.6 Å². The van der Waals surface area contributed by atoms with Crippen molar-refractivity contribution in [3.05, 3.63) is 70.4 Å². The number of nitrogens with zero attached hydrogens (tertiary/aromatic N) is 3. The number of carboxylic acids is 1. The van der Waals surface area contributed by atoms with Gasteiger partial charge in [0.05, 0.1) is 11.1 Å². The minimum atomic E-state index is -1.11. The number of aliphatic hydroxyl groups excluding tert-OH is 1. The number of likely N-dealkylation sites (tertiary alicyclic amines) is 1. The molecule has 2 atom stereocenters. The van der Waals surface area contributed by atoms with Gasteiger partial charge < -0.3 is 19.6 Å². The van der Waals surface area contributed by atoms with Gasteiger partial charge in [-0.1, -0.05) is 47.1 Å². The summed E-state index contributed by atoms with van der Waals surface area (Å²) in [6.45, 7) is 1.93. The van der Waals surface area contributed by atoms with Gasteiger partial charge in [-0.25, -0.2) is 0 Å². The normalized spacial score (nSPS) is 22.3. The van der Waals surface area contributed by atoms with Gasteiger partial charge in [0.25, 0.3) is 0 Å². The molecule has 33 heavy (non-hydrogen) atoms. The molecule has 0 saturated carbocycles. The Morgan fingerprint density at radius 1 is 1.27 bits per heavy atom. The van der Waals surface area contributed by atoms with Crippen LogP contribution in [0, 0.1) is 6.92 Å². The highest BCUT2D eigenvalue weighted by molar-refractivity contribution is 6.31. The summed E-state index contributed by atoms with van der Waals surface area (Å²) in [7, 11) is 0. The zero-order valence-electron chi connectivity index (χ0n) is 17.9. The van der Waals surface area contributed by atoms with E-state index in [0.717, 1.165) is 11.1 Å². The van der Waals surface area contributed by atoms with Gasteiger partial charge in [0.15, 0.2) is 5.76 Å². The van der Waals surface area contributed by atoms with Crippen LogP contribution in [0.15, 0.2) is 53.1 Å². The third-order valence-electron chi connectivity index (χ3n) is 6.52. The Labute approximate surface area is 195 Å². The summed E-state index contributed by atoms with van der Waals surface area (Å²) in [5.41, 5.74) is 2.50. The number of amides is 1. The summed E-state index contributed by atoms with van der Waals surface area (Å²) in [5, 5.41) is 24.9. The molecule has 1 aromatic heterocycles. The molecule has 8 nitrogen and oxygen atoms in total. The molecule has 2 aliphatic rings. The topological polar surface area (TPSA) is 107 Å². The number of aliphatic carboxylic acids is 1. The number of halogens is 1. The summed E-state index contributed by atoms with van der Waals surface area (Å²) in [6.07, 6.45) is -0.774. The number of aliphatic hydroxyl groups is 1. The van der Waals surface area contributed by atoms with Crippen molar-refractivity contribution in [1.29, 1.82) is 0 Å². The molecular weight excluding hydrogens is 446 g/mol. The smallest absolute Gasteiger partial charge is 0.323 e. The summed E-state index contributed by atoms with van der Waals surface area (Å²) in [6, 6.07) is 14.6. The molecule has 2 N–H and O–H groups in total. The van der Waals surface area contributed by atoms with Gasteiger partial charge >= 0.3 is 5.97 Å². The Morgan fingerprint density at radius 2 is 2.03 bits per heavy atom. The summed E-state index contributed by atoms with van der Waals surface area (Å²) in [5.74, 6) is -0.826. The number of aromatic nitrogens is 1. The number of carboxylic acid groups (broad SMARTS) is 1. The predicted octanol–water partition coefficient (Wildman–Crippen LogP) is 3.20. The minimum Gasteiger partial charge on any atom is -0.480 e. The lowest BCUT2D eigenvalue weighted by Gasteiger charge is -2.24. The van der Waals surface area contributed by atoms with Crippen LogP contribution in [-0.4, -0.2) is 51.5 Å². The molecule has 1 amide bonds. The van der Waals surface area contributed by atoms with Gasteiger partial charge in [-0.05, 0) is 30.7 Å². The van der Waals surface area contributed by atoms with E-state index >= 15 is 0 Å². The number of hydrogen-bond acceptors (Lipinski definition) is 6. The van der Waals surface area contributed by atoms with Crippen LogP contribution in [0.5, 0.6) is 0 Å². The number of anilines is 1. The molecule has 0 radical (unpaired) electrons. The van der Waals surface area contributed by atoms with E-state index in [1.54, 1.807) is 23.1 Å². The van der Waals surface area contributed by atoms with E-state index in [-0.39, 0.29) is 18.9 Å². The van der Waals surface area contributed by atoms with E-state index in [9.17, 15) is 19.8 Å². The molecule has 2 unspecified atom stereocenters. The third-order valence-corrected chi connectivity index (χ3v) is 6.76. The average molecular weight is 468 g/mol. The van der Waals surface area contributed by atoms with Crippen molar-refractivity contribution < 1.29 is 24.3 Å². The SMILES string of the molecule is Cc1noc(-c2ccccc2)c1CN1CC2(CC1O)C(=O)N(CC(=O)O)c1ccc(Cl)cc12. The molecule has 2 aliphatic heterocycles. The lowest BCUT2D eigenvalue weighted by atomic mass is 9.80. The quantitative estimate of drug-likeness (QED) is 0.593. The largest absolute Gasteiger partial charge is 0.480 e. The number of hydrogen-bond donors (Lipinski definition) is 2. The lowest BCUT2D eigenvalue weighted by Crippen LogP contribution is -2.44. The van der Waals surface area contributed by atoms with Crippen molar-refractivity contribution in [2.75, 3.05) is 18.0 Å². The second kappa shape index (κ2) is 7.98. The molecule has 1 saturated heterocycles. The number of fused-ring (bicyclic) bond motifs is 2. The first kappa shape index (κ1) is 21.6. The van der Waals surface area contributed by atoms with Crippen LogP contribution in [0.1, 0.15) is 23.2 Å². The standard InChI is InChI=1S/C24H22ClN3O5/c1-14-17(22(33-26-14)15-5-3-2-4-6-15)11-27-13-24(10-20(27)29)18-9-16(25)7-8-19(18)28(23(24)32)12-21(30)31/h2-9,20,29H,10-13H2,1H3,(H,30,31). The van der Waals surface area contributed by atoms with E-state index < -0.39 is 24.2 Å². The van der Waals surface area contributed by atoms with Gasteiger partial charge in [-0.3, -0.25) is 14.5 Å². The molecular formula is C24H22ClN3O5. The second-order valence-corrected chi connectivity index (χ2v) is 9.00. The van der Waals surface area contributed by atoms with Crippen molar-refractivity contribution in [2.45, 2.75) is 31.5 Å². The van der Waals surface area contributed by atoms with Crippen molar-refractivity contribution in [2.24, 2.45) is 0 Å². The Balaban J connectivity index is 1.50. The van der Waals surface area contributed by atoms with Gasteiger partial charge in [0, 0.05) is 41.3 Å². The fourth-order valence-electron chi connectivity index (χ4n) is 4.97. The summed E-state index contributed by atoms with van der Waals surface area (Å²) in [4.78, 5) is 28.0. The Morgan fingerprint density at radius 3 is 2.76 bits per heavy atom. The van der Waals surface area contributed by atoms with Gasteiger partial charge in [0.1, 0.15) is 12.8 Å². The molecule has 2 aromatic carbocycles. The van der Waals surface area contributed by atoms with E-state index in [0.29, 0.717) is 34.3 Å².